The van der Waals surface area contributed by atoms with Gasteiger partial charge in [-0.15, -0.1) is 11.3 Å². The Kier molecular flexibility index (Phi) is 5.18. The molecule has 116 valence electrons. The highest BCUT2D eigenvalue weighted by molar-refractivity contribution is 7.13. The highest BCUT2D eigenvalue weighted by atomic mass is 32.1. The molecule has 1 atom stereocenters. The summed E-state index contributed by atoms with van der Waals surface area (Å²) in [7, 11) is 0. The zero-order valence-electron chi connectivity index (χ0n) is 11.9. The summed E-state index contributed by atoms with van der Waals surface area (Å²) in [5.41, 5.74) is 0.459. The Morgan fingerprint density at radius 3 is 2.68 bits per heavy atom. The number of hydrogen-bond acceptors (Lipinski definition) is 6. The third kappa shape index (κ3) is 3.86. The van der Waals surface area contributed by atoms with Crippen molar-refractivity contribution < 1.29 is 14.8 Å². The van der Waals surface area contributed by atoms with Gasteiger partial charge in [-0.3, -0.25) is 14.9 Å². The number of carbonyl (C=O) groups is 1. The van der Waals surface area contributed by atoms with E-state index >= 15 is 0 Å². The second-order valence-corrected chi connectivity index (χ2v) is 5.66. The summed E-state index contributed by atoms with van der Waals surface area (Å²) in [6.45, 7) is 1.98. The van der Waals surface area contributed by atoms with Gasteiger partial charge in [0, 0.05) is 18.7 Å². The lowest BCUT2D eigenvalue weighted by Crippen LogP contribution is -2.27. The molecule has 1 aromatic heterocycles. The SMILES string of the molecule is CCc1ncc(C(=O)NC[C@@H](O)c2ccc([N+](=O)[O-])cc2)s1. The summed E-state index contributed by atoms with van der Waals surface area (Å²) in [5, 5.41) is 24.1. The fourth-order valence-electron chi connectivity index (χ4n) is 1.79. The maximum Gasteiger partial charge on any atom is 0.269 e. The number of amides is 1. The van der Waals surface area contributed by atoms with Crippen molar-refractivity contribution in [1.82, 2.24) is 10.3 Å². The maximum absolute atomic E-state index is 11.9. The molecule has 0 aliphatic rings. The van der Waals surface area contributed by atoms with Crippen LogP contribution in [0.1, 0.15) is 33.3 Å². The predicted octanol–water partition coefficient (Wildman–Crippen LogP) is 2.08. The molecule has 2 aromatic rings. The first-order valence-electron chi connectivity index (χ1n) is 6.66. The number of non-ortho nitro benzene ring substituents is 1. The van der Waals surface area contributed by atoms with Crippen molar-refractivity contribution in [2.24, 2.45) is 0 Å². The summed E-state index contributed by atoms with van der Waals surface area (Å²) >= 11 is 1.31. The first kappa shape index (κ1) is 16.1. The number of nitrogens with zero attached hydrogens (tertiary/aromatic N) is 2. The largest absolute Gasteiger partial charge is 0.387 e. The van der Waals surface area contributed by atoms with Crippen LogP contribution in [-0.2, 0) is 6.42 Å². The van der Waals surface area contributed by atoms with Gasteiger partial charge in [0.25, 0.3) is 11.6 Å². The Bertz CT molecular complexity index is 669. The second-order valence-electron chi connectivity index (χ2n) is 4.55. The topological polar surface area (TPSA) is 105 Å². The van der Waals surface area contributed by atoms with E-state index in [-0.39, 0.29) is 18.1 Å². The van der Waals surface area contributed by atoms with Crippen LogP contribution >= 0.6 is 11.3 Å². The maximum atomic E-state index is 11.9. The van der Waals surface area contributed by atoms with Gasteiger partial charge < -0.3 is 10.4 Å². The van der Waals surface area contributed by atoms with Crippen LogP contribution in [0.5, 0.6) is 0 Å². The highest BCUT2D eigenvalue weighted by Gasteiger charge is 2.14. The number of thiazole rings is 1. The molecule has 1 aromatic carbocycles. The van der Waals surface area contributed by atoms with Crippen LogP contribution in [-0.4, -0.2) is 27.5 Å². The molecule has 2 rings (SSSR count). The van der Waals surface area contributed by atoms with E-state index in [0.717, 1.165) is 11.4 Å². The predicted molar refractivity (Wildman–Crippen MR) is 81.9 cm³/mol. The van der Waals surface area contributed by atoms with Crippen molar-refractivity contribution in [1.29, 1.82) is 0 Å². The van der Waals surface area contributed by atoms with Crippen LogP contribution in [0.15, 0.2) is 30.5 Å². The van der Waals surface area contributed by atoms with E-state index < -0.39 is 11.0 Å². The van der Waals surface area contributed by atoms with E-state index in [9.17, 15) is 20.0 Å². The van der Waals surface area contributed by atoms with Crippen molar-refractivity contribution in [2.75, 3.05) is 6.54 Å². The quantitative estimate of drug-likeness (QED) is 0.626. The molecule has 0 bridgehead atoms. The molecule has 22 heavy (non-hydrogen) atoms. The number of nitro benzene ring substituents is 1. The molecule has 0 saturated carbocycles. The Morgan fingerprint density at radius 1 is 1.45 bits per heavy atom. The minimum absolute atomic E-state index is 0.0238. The lowest BCUT2D eigenvalue weighted by molar-refractivity contribution is -0.384. The van der Waals surface area contributed by atoms with Gasteiger partial charge in [-0.2, -0.15) is 0 Å². The first-order chi connectivity index (χ1) is 10.5. The fraction of sp³-hybridized carbons (Fsp3) is 0.286. The van der Waals surface area contributed by atoms with E-state index in [1.165, 1.54) is 41.8 Å². The number of rotatable bonds is 6. The molecule has 0 spiro atoms. The molecule has 1 heterocycles. The van der Waals surface area contributed by atoms with Crippen molar-refractivity contribution in [3.05, 3.63) is 56.0 Å². The van der Waals surface area contributed by atoms with Gasteiger partial charge in [0.2, 0.25) is 0 Å². The van der Waals surface area contributed by atoms with Crippen LogP contribution in [0.25, 0.3) is 0 Å². The highest BCUT2D eigenvalue weighted by Crippen LogP contribution is 2.18. The standard InChI is InChI=1S/C14H15N3O4S/c1-2-13-15-8-12(22-13)14(19)16-7-11(18)9-3-5-10(6-4-9)17(20)21/h3-6,8,11,18H,2,7H2,1H3,(H,16,19)/t11-/m1/s1. The number of aliphatic hydroxyl groups is 1. The minimum atomic E-state index is -0.927. The van der Waals surface area contributed by atoms with Crippen molar-refractivity contribution in [3.63, 3.8) is 0 Å². The van der Waals surface area contributed by atoms with E-state index in [1.54, 1.807) is 0 Å². The Morgan fingerprint density at radius 2 is 2.14 bits per heavy atom. The molecule has 0 unspecified atom stereocenters. The molecule has 7 nitrogen and oxygen atoms in total. The van der Waals surface area contributed by atoms with Crippen molar-refractivity contribution >= 4 is 22.9 Å². The van der Waals surface area contributed by atoms with E-state index in [0.29, 0.717) is 10.4 Å². The summed E-state index contributed by atoms with van der Waals surface area (Å²) in [6, 6.07) is 5.57. The lowest BCUT2D eigenvalue weighted by Gasteiger charge is -2.11. The van der Waals surface area contributed by atoms with Crippen molar-refractivity contribution in [2.45, 2.75) is 19.4 Å². The third-order valence-electron chi connectivity index (χ3n) is 3.02. The summed E-state index contributed by atoms with van der Waals surface area (Å²) in [4.78, 5) is 26.6. The molecular weight excluding hydrogens is 306 g/mol. The number of aliphatic hydroxyl groups excluding tert-OH is 1. The molecule has 0 radical (unpaired) electrons. The first-order valence-corrected chi connectivity index (χ1v) is 7.48. The van der Waals surface area contributed by atoms with Gasteiger partial charge in [-0.1, -0.05) is 6.92 Å². The number of nitro groups is 1. The summed E-state index contributed by atoms with van der Waals surface area (Å²) < 4.78 is 0. The molecule has 0 aliphatic heterocycles. The molecule has 0 saturated heterocycles. The van der Waals surface area contributed by atoms with E-state index in [2.05, 4.69) is 10.3 Å². The monoisotopic (exact) mass is 321 g/mol. The number of benzene rings is 1. The third-order valence-corrected chi connectivity index (χ3v) is 4.16. The number of aryl methyl sites for hydroxylation is 1. The fourth-order valence-corrected chi connectivity index (χ4v) is 2.57. The average Bonchev–Trinajstić information content (AvgIpc) is 3.01. The smallest absolute Gasteiger partial charge is 0.269 e. The molecular formula is C14H15N3O4S. The van der Waals surface area contributed by atoms with Crippen LogP contribution in [0.3, 0.4) is 0 Å². The summed E-state index contributed by atoms with van der Waals surface area (Å²) in [6.07, 6.45) is 1.35. The van der Waals surface area contributed by atoms with Crippen LogP contribution in [0.2, 0.25) is 0 Å². The van der Waals surface area contributed by atoms with E-state index in [1.807, 2.05) is 6.92 Å². The van der Waals surface area contributed by atoms with Gasteiger partial charge >= 0.3 is 0 Å². The number of carbonyl (C=O) groups excluding carboxylic acids is 1. The molecule has 1 amide bonds. The molecule has 8 heteroatoms. The Hall–Kier alpha value is -2.32. The number of aromatic nitrogens is 1. The molecule has 2 N–H and O–H groups in total. The van der Waals surface area contributed by atoms with Gasteiger partial charge in [0.15, 0.2) is 0 Å². The van der Waals surface area contributed by atoms with Crippen molar-refractivity contribution in [3.8, 4) is 0 Å². The van der Waals surface area contributed by atoms with Crippen LogP contribution in [0.4, 0.5) is 5.69 Å². The zero-order chi connectivity index (χ0) is 16.1. The lowest BCUT2D eigenvalue weighted by atomic mass is 10.1. The van der Waals surface area contributed by atoms with Gasteiger partial charge in [0.1, 0.15) is 4.88 Å². The second kappa shape index (κ2) is 7.10. The summed E-state index contributed by atoms with van der Waals surface area (Å²) in [5.74, 6) is -0.293. The minimum Gasteiger partial charge on any atom is -0.387 e. The van der Waals surface area contributed by atoms with Crippen LogP contribution in [0, 0.1) is 10.1 Å². The van der Waals surface area contributed by atoms with Crippen LogP contribution < -0.4 is 5.32 Å². The normalized spacial score (nSPS) is 11.9. The zero-order valence-corrected chi connectivity index (χ0v) is 12.7. The Balaban J connectivity index is 1.92. The number of hydrogen-bond donors (Lipinski definition) is 2. The molecule has 0 fully saturated rings. The van der Waals surface area contributed by atoms with Gasteiger partial charge in [-0.05, 0) is 24.1 Å². The van der Waals surface area contributed by atoms with E-state index in [4.69, 9.17) is 0 Å². The Labute approximate surface area is 130 Å². The number of nitrogens with one attached hydrogen (secondary N) is 1. The average molecular weight is 321 g/mol. The molecule has 0 aliphatic carbocycles. The van der Waals surface area contributed by atoms with Gasteiger partial charge in [0.05, 0.1) is 22.2 Å². The van der Waals surface area contributed by atoms with Gasteiger partial charge in [-0.25, -0.2) is 4.98 Å².